The van der Waals surface area contributed by atoms with Crippen LogP contribution in [-0.2, 0) is 9.53 Å². The fourth-order valence-electron chi connectivity index (χ4n) is 4.11. The predicted molar refractivity (Wildman–Crippen MR) is 135 cm³/mol. The van der Waals surface area contributed by atoms with Crippen LogP contribution in [0.15, 0.2) is 60.9 Å². The number of benzene rings is 2. The molecule has 1 aliphatic rings. The van der Waals surface area contributed by atoms with E-state index in [-0.39, 0.29) is 17.6 Å². The summed E-state index contributed by atoms with van der Waals surface area (Å²) in [6.45, 7) is 2.44. The van der Waals surface area contributed by atoms with E-state index in [1.54, 1.807) is 24.5 Å². The molecular formula is C27H30F2N4O4. The van der Waals surface area contributed by atoms with Gasteiger partial charge in [0, 0.05) is 36.3 Å². The van der Waals surface area contributed by atoms with E-state index in [1.165, 1.54) is 12.1 Å². The second-order valence-electron chi connectivity index (χ2n) is 8.57. The first-order chi connectivity index (χ1) is 18.0. The second-order valence-corrected chi connectivity index (χ2v) is 8.57. The third-order valence-corrected chi connectivity index (χ3v) is 6.04. The Morgan fingerprint density at radius 1 is 1.05 bits per heavy atom. The number of likely N-dealkylation sites (tertiary alicyclic amines) is 1. The minimum absolute atomic E-state index is 0.00393. The van der Waals surface area contributed by atoms with E-state index < -0.39 is 6.61 Å². The molecule has 1 N–H and O–H groups in total. The zero-order valence-electron chi connectivity index (χ0n) is 20.6. The highest BCUT2D eigenvalue weighted by Gasteiger charge is 2.25. The number of carbonyl (C=O) groups is 1. The Balaban J connectivity index is 1.24. The monoisotopic (exact) mass is 512 g/mol. The molecule has 0 saturated carbocycles. The number of halogens is 2. The average molecular weight is 513 g/mol. The number of carbonyl (C=O) groups excluding carboxylic acids is 1. The van der Waals surface area contributed by atoms with Gasteiger partial charge in [-0.3, -0.25) is 9.69 Å². The maximum Gasteiger partial charge on any atom is 0.387 e. The molecule has 196 valence electrons. The summed E-state index contributed by atoms with van der Waals surface area (Å²) in [5, 5.41) is 3.16. The first-order valence-corrected chi connectivity index (χ1v) is 12.3. The van der Waals surface area contributed by atoms with Gasteiger partial charge in [-0.05, 0) is 62.7 Å². The van der Waals surface area contributed by atoms with Gasteiger partial charge in [0.05, 0.1) is 12.5 Å². The van der Waals surface area contributed by atoms with Crippen LogP contribution in [0.4, 0.5) is 20.4 Å². The number of esters is 1. The van der Waals surface area contributed by atoms with Crippen LogP contribution in [0.5, 0.6) is 11.5 Å². The van der Waals surface area contributed by atoms with Gasteiger partial charge in [0.1, 0.15) is 18.1 Å². The molecule has 37 heavy (non-hydrogen) atoms. The largest absolute Gasteiger partial charge is 0.492 e. The topological polar surface area (TPSA) is 85.8 Å². The van der Waals surface area contributed by atoms with Gasteiger partial charge in [0.2, 0.25) is 5.95 Å². The van der Waals surface area contributed by atoms with Gasteiger partial charge in [-0.2, -0.15) is 8.78 Å². The fourth-order valence-corrected chi connectivity index (χ4v) is 4.11. The van der Waals surface area contributed by atoms with Crippen LogP contribution in [0.2, 0.25) is 0 Å². The van der Waals surface area contributed by atoms with Gasteiger partial charge in [-0.1, -0.05) is 18.2 Å². The van der Waals surface area contributed by atoms with Crippen LogP contribution in [-0.4, -0.2) is 60.3 Å². The predicted octanol–water partition coefficient (Wildman–Crippen LogP) is 5.14. The highest BCUT2D eigenvalue weighted by atomic mass is 19.3. The lowest BCUT2D eigenvalue weighted by atomic mass is 9.97. The molecule has 1 aliphatic heterocycles. The van der Waals surface area contributed by atoms with Gasteiger partial charge in [0.25, 0.3) is 0 Å². The van der Waals surface area contributed by atoms with Crippen LogP contribution in [0, 0.1) is 5.92 Å². The number of alkyl halides is 2. The Bertz CT molecular complexity index is 1140. The Labute approximate surface area is 214 Å². The summed E-state index contributed by atoms with van der Waals surface area (Å²) in [4.78, 5) is 22.9. The molecule has 4 rings (SSSR count). The maximum atomic E-state index is 12.3. The molecule has 0 spiro atoms. The van der Waals surface area contributed by atoms with Gasteiger partial charge in [-0.15, -0.1) is 0 Å². The van der Waals surface area contributed by atoms with Crippen molar-refractivity contribution in [3.8, 4) is 22.6 Å². The highest BCUT2D eigenvalue weighted by Crippen LogP contribution is 2.24. The zero-order valence-corrected chi connectivity index (χ0v) is 20.6. The minimum atomic E-state index is -2.86. The molecule has 0 aliphatic carbocycles. The van der Waals surface area contributed by atoms with Crippen molar-refractivity contribution in [2.75, 3.05) is 38.2 Å². The van der Waals surface area contributed by atoms with Crippen LogP contribution in [0.25, 0.3) is 11.1 Å². The number of aromatic nitrogens is 2. The summed E-state index contributed by atoms with van der Waals surface area (Å²) in [6.07, 6.45) is 4.94. The van der Waals surface area contributed by atoms with E-state index in [0.29, 0.717) is 19.2 Å². The minimum Gasteiger partial charge on any atom is -0.492 e. The molecule has 8 nitrogen and oxygen atoms in total. The van der Waals surface area contributed by atoms with Gasteiger partial charge < -0.3 is 19.5 Å². The van der Waals surface area contributed by atoms with E-state index in [4.69, 9.17) is 9.47 Å². The van der Waals surface area contributed by atoms with Gasteiger partial charge in [-0.25, -0.2) is 9.97 Å². The van der Waals surface area contributed by atoms with Crippen LogP contribution in [0.3, 0.4) is 0 Å². The third kappa shape index (κ3) is 7.85. The van der Waals surface area contributed by atoms with Crippen LogP contribution < -0.4 is 14.8 Å². The van der Waals surface area contributed by atoms with Crippen molar-refractivity contribution in [2.24, 2.45) is 5.92 Å². The average Bonchev–Trinajstić information content (AvgIpc) is 2.90. The molecule has 2 heterocycles. The Hall–Kier alpha value is -3.79. The molecule has 1 aromatic heterocycles. The van der Waals surface area contributed by atoms with E-state index in [9.17, 15) is 13.6 Å². The highest BCUT2D eigenvalue weighted by molar-refractivity contribution is 5.72. The molecule has 1 fully saturated rings. The summed E-state index contributed by atoms with van der Waals surface area (Å²) in [5.74, 6) is 1.16. The summed E-state index contributed by atoms with van der Waals surface area (Å²) in [5.41, 5.74) is 2.32. The van der Waals surface area contributed by atoms with E-state index in [2.05, 4.69) is 24.9 Å². The summed E-state index contributed by atoms with van der Waals surface area (Å²) in [7, 11) is 0. The molecular weight excluding hydrogens is 482 g/mol. The smallest absolute Gasteiger partial charge is 0.387 e. The molecule has 2 aromatic carbocycles. The molecule has 0 radical (unpaired) electrons. The lowest BCUT2D eigenvalue weighted by molar-refractivity contribution is -0.149. The molecule has 1 saturated heterocycles. The molecule has 10 heteroatoms. The number of piperidine rings is 1. The van der Waals surface area contributed by atoms with Crippen molar-refractivity contribution in [2.45, 2.75) is 26.4 Å². The van der Waals surface area contributed by atoms with Crippen molar-refractivity contribution in [1.82, 2.24) is 14.9 Å². The Kier molecular flexibility index (Phi) is 9.20. The summed E-state index contributed by atoms with van der Waals surface area (Å²) < 4.78 is 40.1. The normalized spacial score (nSPS) is 14.4. The summed E-state index contributed by atoms with van der Waals surface area (Å²) in [6, 6.07) is 13.9. The van der Waals surface area contributed by atoms with Crippen LogP contribution >= 0.6 is 0 Å². The number of anilines is 2. The number of nitrogens with one attached hydrogen (secondary N) is 1. The molecule has 0 bridgehead atoms. The zero-order chi connectivity index (χ0) is 26.0. The van der Waals surface area contributed by atoms with Crippen molar-refractivity contribution >= 4 is 17.6 Å². The maximum absolute atomic E-state index is 12.3. The van der Waals surface area contributed by atoms with Gasteiger partial charge in [0.15, 0.2) is 0 Å². The van der Waals surface area contributed by atoms with Crippen molar-refractivity contribution in [1.29, 1.82) is 0 Å². The molecule has 0 amide bonds. The van der Waals surface area contributed by atoms with Crippen molar-refractivity contribution in [3.63, 3.8) is 0 Å². The van der Waals surface area contributed by atoms with Gasteiger partial charge >= 0.3 is 12.6 Å². The number of ether oxygens (including phenoxy) is 3. The number of hydrogen-bond acceptors (Lipinski definition) is 8. The SMILES string of the molecule is CCOC(=O)C1CCN(CCOc2cccc(Nc3ncc(-c4ccc(OC(F)F)cc4)cn3)c2)CC1. The number of hydrogen-bond donors (Lipinski definition) is 1. The first-order valence-electron chi connectivity index (χ1n) is 12.3. The standard InChI is InChI=1S/C27H30F2N4O4/c1-2-35-25(34)20-10-12-33(13-11-20)14-15-36-24-5-3-4-22(16-24)32-27-30-17-21(18-31-27)19-6-8-23(9-7-19)37-26(28)29/h3-9,16-18,20,26H,2,10-15H2,1H3,(H,30,31,32). The van der Waals surface area contributed by atoms with Crippen LogP contribution in [0.1, 0.15) is 19.8 Å². The van der Waals surface area contributed by atoms with Crippen molar-refractivity contribution in [3.05, 3.63) is 60.9 Å². The first kappa shape index (κ1) is 26.3. The molecule has 0 atom stereocenters. The van der Waals surface area contributed by atoms with E-state index in [1.807, 2.05) is 31.2 Å². The Morgan fingerprint density at radius 2 is 1.78 bits per heavy atom. The summed E-state index contributed by atoms with van der Waals surface area (Å²) >= 11 is 0. The Morgan fingerprint density at radius 3 is 2.46 bits per heavy atom. The third-order valence-electron chi connectivity index (χ3n) is 6.04. The molecule has 0 unspecified atom stereocenters. The van der Waals surface area contributed by atoms with E-state index >= 15 is 0 Å². The van der Waals surface area contributed by atoms with Crippen molar-refractivity contribution < 1.29 is 27.8 Å². The lowest BCUT2D eigenvalue weighted by Gasteiger charge is -2.30. The van der Waals surface area contributed by atoms with E-state index in [0.717, 1.165) is 55.0 Å². The number of nitrogens with zero attached hydrogens (tertiary/aromatic N) is 3. The molecule has 3 aromatic rings. The number of rotatable bonds is 11. The lowest BCUT2D eigenvalue weighted by Crippen LogP contribution is -2.39. The quantitative estimate of drug-likeness (QED) is 0.354. The fraction of sp³-hybridized carbons (Fsp3) is 0.370. The second kappa shape index (κ2) is 13.0.